The number of thioether (sulfide) groups is 1. The molecular weight excluding hydrogens is 342 g/mol. The van der Waals surface area contributed by atoms with E-state index in [1.54, 1.807) is 26.2 Å². The Bertz CT molecular complexity index is 861. The normalized spacial score (nSPS) is 12.0. The first-order valence-corrected chi connectivity index (χ1v) is 8.44. The van der Waals surface area contributed by atoms with Gasteiger partial charge >= 0.3 is 0 Å². The molecule has 1 N–H and O–H groups in total. The number of nitrogens with one attached hydrogen (secondary N) is 1. The van der Waals surface area contributed by atoms with Crippen LogP contribution in [0.25, 0.3) is 11.7 Å². The Kier molecular flexibility index (Phi) is 5.08. The summed E-state index contributed by atoms with van der Waals surface area (Å²) in [7, 11) is 1.56. The summed E-state index contributed by atoms with van der Waals surface area (Å²) in [5, 5.41) is 10.6. The monoisotopic (exact) mass is 359 g/mol. The third-order valence-electron chi connectivity index (χ3n) is 3.40. The zero-order chi connectivity index (χ0) is 17.8. The molecule has 1 unspecified atom stereocenters. The number of benzene rings is 1. The van der Waals surface area contributed by atoms with E-state index in [2.05, 4.69) is 15.5 Å². The minimum absolute atomic E-state index is 0.188. The second-order valence-electron chi connectivity index (χ2n) is 5.30. The highest BCUT2D eigenvalue weighted by atomic mass is 32.2. The lowest BCUT2D eigenvalue weighted by Gasteiger charge is -2.13. The molecule has 1 amide bonds. The fourth-order valence-electron chi connectivity index (χ4n) is 2.12. The van der Waals surface area contributed by atoms with E-state index >= 15 is 0 Å². The Morgan fingerprint density at radius 1 is 1.32 bits per heavy atom. The summed E-state index contributed by atoms with van der Waals surface area (Å²) in [5.41, 5.74) is 1.65. The molecule has 0 radical (unpaired) electrons. The number of aromatic nitrogens is 2. The minimum Gasteiger partial charge on any atom is -0.495 e. The molecule has 0 aliphatic heterocycles. The molecule has 0 bridgehead atoms. The van der Waals surface area contributed by atoms with Gasteiger partial charge in [0.2, 0.25) is 5.91 Å². The molecule has 0 fully saturated rings. The van der Waals surface area contributed by atoms with Crippen LogP contribution in [0.1, 0.15) is 12.5 Å². The molecule has 0 aliphatic rings. The lowest BCUT2D eigenvalue weighted by molar-refractivity contribution is -0.115. The molecular formula is C17H17N3O4S. The van der Waals surface area contributed by atoms with Gasteiger partial charge in [-0.3, -0.25) is 4.79 Å². The molecule has 0 saturated carbocycles. The van der Waals surface area contributed by atoms with Gasteiger partial charge in [0.1, 0.15) is 5.75 Å². The third kappa shape index (κ3) is 4.03. The number of rotatable bonds is 6. The lowest BCUT2D eigenvalue weighted by Crippen LogP contribution is -2.22. The van der Waals surface area contributed by atoms with E-state index in [0.717, 1.165) is 5.56 Å². The molecule has 0 aliphatic carbocycles. The number of hydrogen-bond donors (Lipinski definition) is 1. The first-order chi connectivity index (χ1) is 12.1. The summed E-state index contributed by atoms with van der Waals surface area (Å²) < 4.78 is 16.0. The van der Waals surface area contributed by atoms with E-state index < -0.39 is 5.25 Å². The van der Waals surface area contributed by atoms with Crippen LogP contribution in [0.15, 0.2) is 50.7 Å². The van der Waals surface area contributed by atoms with Crippen LogP contribution in [-0.4, -0.2) is 28.5 Å². The molecule has 0 spiro atoms. The number of nitrogens with zero attached hydrogens (tertiary/aromatic N) is 2. The van der Waals surface area contributed by atoms with Crippen LogP contribution in [-0.2, 0) is 4.79 Å². The van der Waals surface area contributed by atoms with Crippen LogP contribution in [0.3, 0.4) is 0 Å². The van der Waals surface area contributed by atoms with Gasteiger partial charge in [0.15, 0.2) is 5.76 Å². The van der Waals surface area contributed by atoms with Crippen molar-refractivity contribution in [2.45, 2.75) is 24.3 Å². The topological polar surface area (TPSA) is 90.4 Å². The standard InChI is InChI=1S/C17H17N3O4S/c1-10-6-7-13(22-3)12(9-10)18-15(21)11(2)25-17-20-19-16(24-17)14-5-4-8-23-14/h4-9,11H,1-3H3,(H,18,21). The van der Waals surface area contributed by atoms with Gasteiger partial charge in [0.05, 0.1) is 24.3 Å². The largest absolute Gasteiger partial charge is 0.495 e. The predicted molar refractivity (Wildman–Crippen MR) is 93.7 cm³/mol. The zero-order valence-electron chi connectivity index (χ0n) is 14.0. The van der Waals surface area contributed by atoms with E-state index in [9.17, 15) is 4.79 Å². The number of carbonyl (C=O) groups is 1. The summed E-state index contributed by atoms with van der Waals surface area (Å²) in [5.74, 6) is 1.18. The minimum atomic E-state index is -0.435. The average Bonchev–Trinajstić information content (AvgIpc) is 3.26. The Balaban J connectivity index is 1.66. The van der Waals surface area contributed by atoms with Crippen LogP contribution in [0, 0.1) is 6.92 Å². The molecule has 130 valence electrons. The van der Waals surface area contributed by atoms with Gasteiger partial charge in [-0.15, -0.1) is 10.2 Å². The fraction of sp³-hybridized carbons (Fsp3) is 0.235. The predicted octanol–water partition coefficient (Wildman–Crippen LogP) is 3.77. The summed E-state index contributed by atoms with van der Waals surface area (Å²) in [6, 6.07) is 9.05. The van der Waals surface area contributed by atoms with Crippen molar-refractivity contribution >= 4 is 23.4 Å². The quantitative estimate of drug-likeness (QED) is 0.670. The zero-order valence-corrected chi connectivity index (χ0v) is 14.8. The first-order valence-electron chi connectivity index (χ1n) is 7.56. The molecule has 7 nitrogen and oxygen atoms in total. The number of carbonyl (C=O) groups excluding carboxylic acids is 1. The Morgan fingerprint density at radius 2 is 2.16 bits per heavy atom. The van der Waals surface area contributed by atoms with E-state index in [0.29, 0.717) is 22.4 Å². The van der Waals surface area contributed by atoms with Gasteiger partial charge in [-0.1, -0.05) is 17.8 Å². The first kappa shape index (κ1) is 17.1. The van der Waals surface area contributed by atoms with Gasteiger partial charge < -0.3 is 18.9 Å². The molecule has 2 heterocycles. The Hall–Kier alpha value is -2.74. The van der Waals surface area contributed by atoms with Crippen LogP contribution in [0.5, 0.6) is 5.75 Å². The number of anilines is 1. The molecule has 3 rings (SSSR count). The lowest BCUT2D eigenvalue weighted by atomic mass is 10.2. The van der Waals surface area contributed by atoms with Gasteiger partial charge in [-0.05, 0) is 43.7 Å². The van der Waals surface area contributed by atoms with Crippen molar-refractivity contribution in [2.24, 2.45) is 0 Å². The summed E-state index contributed by atoms with van der Waals surface area (Å²) in [6.07, 6.45) is 1.53. The maximum absolute atomic E-state index is 12.4. The van der Waals surface area contributed by atoms with Crippen molar-refractivity contribution in [3.8, 4) is 17.4 Å². The van der Waals surface area contributed by atoms with Crippen molar-refractivity contribution in [1.82, 2.24) is 10.2 Å². The second-order valence-corrected chi connectivity index (χ2v) is 6.60. The van der Waals surface area contributed by atoms with E-state index in [1.165, 1.54) is 18.0 Å². The molecule has 8 heteroatoms. The average molecular weight is 359 g/mol. The summed E-state index contributed by atoms with van der Waals surface area (Å²) in [4.78, 5) is 12.4. The Morgan fingerprint density at radius 3 is 2.88 bits per heavy atom. The fourth-order valence-corrected chi connectivity index (χ4v) is 2.80. The number of methoxy groups -OCH3 is 1. The van der Waals surface area contributed by atoms with Crippen LogP contribution in [0.2, 0.25) is 0 Å². The highest BCUT2D eigenvalue weighted by Crippen LogP contribution is 2.29. The van der Waals surface area contributed by atoms with Crippen LogP contribution < -0.4 is 10.1 Å². The van der Waals surface area contributed by atoms with Gasteiger partial charge in [0, 0.05) is 0 Å². The smallest absolute Gasteiger partial charge is 0.284 e. The summed E-state index contributed by atoms with van der Waals surface area (Å²) >= 11 is 1.17. The van der Waals surface area contributed by atoms with Gasteiger partial charge in [0.25, 0.3) is 11.1 Å². The maximum Gasteiger partial charge on any atom is 0.284 e. The van der Waals surface area contributed by atoms with Gasteiger partial charge in [-0.25, -0.2) is 0 Å². The molecule has 1 aromatic carbocycles. The molecule has 25 heavy (non-hydrogen) atoms. The maximum atomic E-state index is 12.4. The Labute approximate surface area is 148 Å². The number of amides is 1. The van der Waals surface area contributed by atoms with E-state index in [1.807, 2.05) is 25.1 Å². The van der Waals surface area contributed by atoms with E-state index in [-0.39, 0.29) is 11.8 Å². The molecule has 3 aromatic rings. The van der Waals surface area contributed by atoms with Crippen molar-refractivity contribution < 1.29 is 18.4 Å². The number of ether oxygens (including phenoxy) is 1. The molecule has 0 saturated heterocycles. The number of hydrogen-bond acceptors (Lipinski definition) is 7. The van der Waals surface area contributed by atoms with Crippen LogP contribution in [0.4, 0.5) is 5.69 Å². The second kappa shape index (κ2) is 7.43. The van der Waals surface area contributed by atoms with Crippen molar-refractivity contribution in [3.63, 3.8) is 0 Å². The van der Waals surface area contributed by atoms with E-state index in [4.69, 9.17) is 13.6 Å². The molecule has 1 atom stereocenters. The number of aryl methyl sites for hydroxylation is 1. The highest BCUT2D eigenvalue weighted by molar-refractivity contribution is 8.00. The number of furan rings is 1. The van der Waals surface area contributed by atoms with Crippen molar-refractivity contribution in [1.29, 1.82) is 0 Å². The van der Waals surface area contributed by atoms with Crippen molar-refractivity contribution in [3.05, 3.63) is 42.2 Å². The molecule has 2 aromatic heterocycles. The highest BCUT2D eigenvalue weighted by Gasteiger charge is 2.20. The van der Waals surface area contributed by atoms with Crippen molar-refractivity contribution in [2.75, 3.05) is 12.4 Å². The van der Waals surface area contributed by atoms with Gasteiger partial charge in [-0.2, -0.15) is 0 Å². The SMILES string of the molecule is COc1ccc(C)cc1NC(=O)C(C)Sc1nnc(-c2ccco2)o1. The van der Waals surface area contributed by atoms with Crippen LogP contribution >= 0.6 is 11.8 Å². The summed E-state index contributed by atoms with van der Waals surface area (Å²) in [6.45, 7) is 3.71. The third-order valence-corrected chi connectivity index (χ3v) is 4.33.